The summed E-state index contributed by atoms with van der Waals surface area (Å²) in [5, 5.41) is 0. The predicted molar refractivity (Wildman–Crippen MR) is 134 cm³/mol. The molecule has 2 unspecified atom stereocenters. The SMILES string of the molecule is COC(=O)CCN1CCN(C2OC(=O)N(CCCN3CCN(Cc4ccccc4)CC3)C2C)CC1. The molecule has 1 amide bonds. The number of amides is 1. The van der Waals surface area contributed by atoms with Gasteiger partial charge in [0.25, 0.3) is 0 Å². The van der Waals surface area contributed by atoms with Gasteiger partial charge in [-0.3, -0.25) is 14.6 Å². The largest absolute Gasteiger partial charge is 0.469 e. The van der Waals surface area contributed by atoms with Gasteiger partial charge >= 0.3 is 12.1 Å². The minimum Gasteiger partial charge on any atom is -0.469 e. The molecule has 0 saturated carbocycles. The van der Waals surface area contributed by atoms with Crippen molar-refractivity contribution in [1.82, 2.24) is 24.5 Å². The van der Waals surface area contributed by atoms with Gasteiger partial charge in [0.2, 0.25) is 0 Å². The third-order valence-electron chi connectivity index (χ3n) is 7.57. The van der Waals surface area contributed by atoms with Crippen LogP contribution in [0.1, 0.15) is 25.3 Å². The van der Waals surface area contributed by atoms with E-state index in [1.54, 1.807) is 0 Å². The molecule has 9 nitrogen and oxygen atoms in total. The molecule has 0 radical (unpaired) electrons. The van der Waals surface area contributed by atoms with E-state index < -0.39 is 0 Å². The lowest BCUT2D eigenvalue weighted by molar-refractivity contribution is -0.141. The third kappa shape index (κ3) is 7.16. The van der Waals surface area contributed by atoms with E-state index in [0.717, 1.165) is 78.4 Å². The number of carbonyl (C=O) groups excluding carboxylic acids is 2. The van der Waals surface area contributed by atoms with Crippen LogP contribution in [-0.4, -0.2) is 128 Å². The van der Waals surface area contributed by atoms with Crippen molar-refractivity contribution in [1.29, 1.82) is 0 Å². The van der Waals surface area contributed by atoms with Crippen molar-refractivity contribution >= 4 is 12.1 Å². The average Bonchev–Trinajstić information content (AvgIpc) is 3.17. The Kier molecular flexibility index (Phi) is 9.37. The highest BCUT2D eigenvalue weighted by atomic mass is 16.6. The van der Waals surface area contributed by atoms with E-state index in [4.69, 9.17) is 9.47 Å². The maximum atomic E-state index is 12.6. The molecule has 0 spiro atoms. The summed E-state index contributed by atoms with van der Waals surface area (Å²) in [6.45, 7) is 13.3. The van der Waals surface area contributed by atoms with Crippen molar-refractivity contribution in [3.63, 3.8) is 0 Å². The van der Waals surface area contributed by atoms with E-state index in [0.29, 0.717) is 13.0 Å². The van der Waals surface area contributed by atoms with Crippen LogP contribution in [0.5, 0.6) is 0 Å². The number of rotatable bonds is 10. The van der Waals surface area contributed by atoms with Crippen molar-refractivity contribution in [2.45, 2.75) is 38.6 Å². The van der Waals surface area contributed by atoms with Gasteiger partial charge in [0.15, 0.2) is 6.23 Å². The minimum absolute atomic E-state index is 0.0480. The second-order valence-corrected chi connectivity index (χ2v) is 9.87. The van der Waals surface area contributed by atoms with Gasteiger partial charge in [-0.15, -0.1) is 0 Å². The fraction of sp³-hybridized carbons (Fsp3) is 0.692. The van der Waals surface area contributed by atoms with Crippen molar-refractivity contribution in [2.75, 3.05) is 79.1 Å². The van der Waals surface area contributed by atoms with Crippen LogP contribution in [0.15, 0.2) is 30.3 Å². The molecule has 3 saturated heterocycles. The summed E-state index contributed by atoms with van der Waals surface area (Å²) < 4.78 is 10.5. The summed E-state index contributed by atoms with van der Waals surface area (Å²) in [4.78, 5) is 35.5. The highest BCUT2D eigenvalue weighted by molar-refractivity contribution is 5.70. The zero-order valence-corrected chi connectivity index (χ0v) is 21.3. The van der Waals surface area contributed by atoms with Crippen molar-refractivity contribution in [3.05, 3.63) is 35.9 Å². The Morgan fingerprint density at radius 1 is 0.914 bits per heavy atom. The molecule has 1 aromatic rings. The van der Waals surface area contributed by atoms with Crippen molar-refractivity contribution in [3.8, 4) is 0 Å². The second kappa shape index (κ2) is 12.7. The lowest BCUT2D eigenvalue weighted by Gasteiger charge is -2.38. The molecule has 3 aliphatic rings. The maximum absolute atomic E-state index is 12.6. The number of nitrogens with zero attached hydrogens (tertiary/aromatic N) is 5. The Morgan fingerprint density at radius 2 is 1.54 bits per heavy atom. The van der Waals surface area contributed by atoms with Crippen LogP contribution in [0.3, 0.4) is 0 Å². The molecule has 3 fully saturated rings. The minimum atomic E-state index is -0.191. The number of methoxy groups -OCH3 is 1. The second-order valence-electron chi connectivity index (χ2n) is 9.87. The first kappa shape index (κ1) is 25.9. The highest BCUT2D eigenvalue weighted by Gasteiger charge is 2.42. The van der Waals surface area contributed by atoms with Crippen molar-refractivity contribution in [2.24, 2.45) is 0 Å². The fourth-order valence-electron chi connectivity index (χ4n) is 5.33. The number of ether oxygens (including phenoxy) is 2. The molecule has 3 aliphatic heterocycles. The smallest absolute Gasteiger partial charge is 0.411 e. The molecule has 4 rings (SSSR count). The van der Waals surface area contributed by atoms with Crippen LogP contribution in [0.4, 0.5) is 4.79 Å². The van der Waals surface area contributed by atoms with Gasteiger partial charge < -0.3 is 24.2 Å². The predicted octanol–water partition coefficient (Wildman–Crippen LogP) is 1.54. The number of piperazine rings is 2. The summed E-state index contributed by atoms with van der Waals surface area (Å²) in [5.74, 6) is -0.171. The van der Waals surface area contributed by atoms with Gasteiger partial charge in [-0.05, 0) is 25.5 Å². The summed E-state index contributed by atoms with van der Waals surface area (Å²) in [7, 11) is 1.43. The molecule has 1 aromatic carbocycles. The van der Waals surface area contributed by atoms with E-state index in [-0.39, 0.29) is 24.3 Å². The van der Waals surface area contributed by atoms with Crippen LogP contribution in [-0.2, 0) is 20.8 Å². The van der Waals surface area contributed by atoms with Crippen LogP contribution >= 0.6 is 0 Å². The summed E-state index contributed by atoms with van der Waals surface area (Å²) >= 11 is 0. The Hall–Kier alpha value is -2.20. The number of cyclic esters (lactones) is 1. The molecule has 0 aromatic heterocycles. The zero-order chi connectivity index (χ0) is 24.6. The quantitative estimate of drug-likeness (QED) is 0.461. The average molecular weight is 488 g/mol. The maximum Gasteiger partial charge on any atom is 0.411 e. The van der Waals surface area contributed by atoms with E-state index >= 15 is 0 Å². The molecule has 0 aliphatic carbocycles. The molecular formula is C26H41N5O4. The molecule has 194 valence electrons. The molecule has 3 heterocycles. The monoisotopic (exact) mass is 487 g/mol. The van der Waals surface area contributed by atoms with E-state index in [2.05, 4.69) is 56.9 Å². The topological polar surface area (TPSA) is 68.8 Å². The lowest BCUT2D eigenvalue weighted by atomic mass is 10.2. The zero-order valence-electron chi connectivity index (χ0n) is 21.3. The normalized spacial score (nSPS) is 25.1. The Labute approximate surface area is 209 Å². The third-order valence-corrected chi connectivity index (χ3v) is 7.57. The number of hydrogen-bond donors (Lipinski definition) is 0. The van der Waals surface area contributed by atoms with Crippen LogP contribution in [0, 0.1) is 0 Å². The van der Waals surface area contributed by atoms with E-state index in [1.807, 2.05) is 4.90 Å². The molecular weight excluding hydrogens is 446 g/mol. The Bertz CT molecular complexity index is 809. The fourth-order valence-corrected chi connectivity index (χ4v) is 5.33. The van der Waals surface area contributed by atoms with Gasteiger partial charge in [-0.1, -0.05) is 30.3 Å². The summed E-state index contributed by atoms with van der Waals surface area (Å²) in [6, 6.07) is 10.7. The summed E-state index contributed by atoms with van der Waals surface area (Å²) in [5.41, 5.74) is 1.37. The van der Waals surface area contributed by atoms with Gasteiger partial charge in [-0.25, -0.2) is 4.79 Å². The van der Waals surface area contributed by atoms with E-state index in [9.17, 15) is 9.59 Å². The van der Waals surface area contributed by atoms with Crippen LogP contribution in [0.2, 0.25) is 0 Å². The number of benzene rings is 1. The van der Waals surface area contributed by atoms with Crippen LogP contribution < -0.4 is 0 Å². The molecule has 2 atom stereocenters. The highest BCUT2D eigenvalue weighted by Crippen LogP contribution is 2.24. The number of esters is 1. The van der Waals surface area contributed by atoms with Crippen molar-refractivity contribution < 1.29 is 19.1 Å². The Morgan fingerprint density at radius 3 is 2.23 bits per heavy atom. The van der Waals surface area contributed by atoms with Crippen LogP contribution in [0.25, 0.3) is 0 Å². The molecule has 0 bridgehead atoms. The first-order valence-corrected chi connectivity index (χ1v) is 13.0. The number of hydrogen-bond acceptors (Lipinski definition) is 8. The van der Waals surface area contributed by atoms with E-state index in [1.165, 1.54) is 12.7 Å². The first-order chi connectivity index (χ1) is 17.0. The molecule has 9 heteroatoms. The lowest BCUT2D eigenvalue weighted by Crippen LogP contribution is -2.54. The molecule has 35 heavy (non-hydrogen) atoms. The summed E-state index contributed by atoms with van der Waals surface area (Å²) in [6.07, 6.45) is 1.00. The first-order valence-electron chi connectivity index (χ1n) is 13.0. The van der Waals surface area contributed by atoms with Gasteiger partial charge in [0.1, 0.15) is 0 Å². The molecule has 0 N–H and O–H groups in total. The number of carbonyl (C=O) groups is 2. The Balaban J connectivity index is 1.13. The standard InChI is InChI=1S/C26H41N5O4/c1-22-25(30-19-17-28(18-20-30)12-9-24(32)34-2)35-26(33)31(22)11-6-10-27-13-15-29(16-14-27)21-23-7-4-3-5-8-23/h3-5,7-8,22,25H,6,9-21H2,1-2H3. The van der Waals surface area contributed by atoms with Gasteiger partial charge in [-0.2, -0.15) is 0 Å². The van der Waals surface area contributed by atoms with Gasteiger partial charge in [0, 0.05) is 72.0 Å². The van der Waals surface area contributed by atoms with Gasteiger partial charge in [0.05, 0.1) is 19.6 Å².